The largest absolute Gasteiger partial charge is 0.457 e. The Morgan fingerprint density at radius 2 is 1.58 bits per heavy atom. The van der Waals surface area contributed by atoms with Crippen LogP contribution in [-0.2, 0) is 11.3 Å². The van der Waals surface area contributed by atoms with Gasteiger partial charge in [0.15, 0.2) is 0 Å². The summed E-state index contributed by atoms with van der Waals surface area (Å²) in [5.74, 6) is -0.0997. The number of carbonyl (C=O) groups is 1. The first-order valence-corrected chi connectivity index (χ1v) is 11.3. The SMILES string of the molecule is CNC(C)C(=O)Nc1ccc(-c2ccc(F)cc2)n(Cc2cccc(Oc3ccc(F)cc3)c2)c1=O. The van der Waals surface area contributed by atoms with Crippen molar-refractivity contribution in [3.05, 3.63) is 112 Å². The van der Waals surface area contributed by atoms with E-state index in [1.807, 2.05) is 6.07 Å². The van der Waals surface area contributed by atoms with Gasteiger partial charge in [-0.05, 0) is 97.9 Å². The van der Waals surface area contributed by atoms with E-state index in [0.717, 1.165) is 5.56 Å². The van der Waals surface area contributed by atoms with E-state index in [9.17, 15) is 18.4 Å². The fourth-order valence-corrected chi connectivity index (χ4v) is 3.60. The standard InChI is InChI=1S/C28H25F2N3O3/c1-18(31-2)27(34)32-25-14-15-26(20-6-8-21(29)9-7-20)33(28(25)35)17-19-4-3-5-24(16-19)36-23-12-10-22(30)11-13-23/h3-16,18,31H,17H2,1-2H3,(H,32,34). The Morgan fingerprint density at radius 3 is 2.25 bits per heavy atom. The van der Waals surface area contributed by atoms with Crippen molar-refractivity contribution >= 4 is 11.6 Å². The van der Waals surface area contributed by atoms with Gasteiger partial charge in [-0.2, -0.15) is 0 Å². The summed E-state index contributed by atoms with van der Waals surface area (Å²) >= 11 is 0. The van der Waals surface area contributed by atoms with E-state index in [0.29, 0.717) is 22.8 Å². The quantitative estimate of drug-likeness (QED) is 0.358. The molecule has 1 aromatic heterocycles. The monoisotopic (exact) mass is 489 g/mol. The van der Waals surface area contributed by atoms with Crippen molar-refractivity contribution in [1.29, 1.82) is 0 Å². The van der Waals surface area contributed by atoms with Crippen LogP contribution in [0.5, 0.6) is 11.5 Å². The van der Waals surface area contributed by atoms with E-state index in [-0.39, 0.29) is 29.8 Å². The first kappa shape index (κ1) is 24.8. The normalized spacial score (nSPS) is 11.7. The zero-order valence-corrected chi connectivity index (χ0v) is 19.8. The van der Waals surface area contributed by atoms with Crippen LogP contribution in [-0.4, -0.2) is 23.6 Å². The number of aromatic nitrogens is 1. The molecule has 4 rings (SSSR count). The molecule has 36 heavy (non-hydrogen) atoms. The summed E-state index contributed by atoms with van der Waals surface area (Å²) in [6.45, 7) is 1.85. The Kier molecular flexibility index (Phi) is 7.56. The molecule has 0 radical (unpaired) electrons. The van der Waals surface area contributed by atoms with Gasteiger partial charge in [-0.3, -0.25) is 9.59 Å². The third-order valence-electron chi connectivity index (χ3n) is 5.69. The van der Waals surface area contributed by atoms with Gasteiger partial charge in [-0.1, -0.05) is 12.1 Å². The third kappa shape index (κ3) is 5.84. The molecule has 6 nitrogen and oxygen atoms in total. The molecular formula is C28H25F2N3O3. The number of hydrogen-bond acceptors (Lipinski definition) is 4. The summed E-state index contributed by atoms with van der Waals surface area (Å²) < 4.78 is 34.1. The summed E-state index contributed by atoms with van der Waals surface area (Å²) in [5, 5.41) is 5.51. The molecular weight excluding hydrogens is 464 g/mol. The Hall–Kier alpha value is -4.30. The second kappa shape index (κ2) is 11.0. The molecule has 1 amide bonds. The van der Waals surface area contributed by atoms with Crippen LogP contribution in [0.1, 0.15) is 12.5 Å². The minimum absolute atomic E-state index is 0.131. The molecule has 1 unspecified atom stereocenters. The molecule has 0 saturated heterocycles. The van der Waals surface area contributed by atoms with E-state index in [1.54, 1.807) is 56.4 Å². The van der Waals surface area contributed by atoms with Crippen molar-refractivity contribution in [3.8, 4) is 22.8 Å². The number of rotatable bonds is 8. The van der Waals surface area contributed by atoms with Crippen LogP contribution in [0.4, 0.5) is 14.5 Å². The molecule has 184 valence electrons. The maximum absolute atomic E-state index is 13.5. The van der Waals surface area contributed by atoms with Crippen molar-refractivity contribution in [3.63, 3.8) is 0 Å². The average Bonchev–Trinajstić information content (AvgIpc) is 2.88. The van der Waals surface area contributed by atoms with Crippen molar-refractivity contribution in [2.24, 2.45) is 0 Å². The molecule has 0 bridgehead atoms. The zero-order valence-electron chi connectivity index (χ0n) is 19.8. The van der Waals surface area contributed by atoms with Gasteiger partial charge in [-0.25, -0.2) is 8.78 Å². The van der Waals surface area contributed by atoms with Crippen LogP contribution in [0.3, 0.4) is 0 Å². The summed E-state index contributed by atoms with van der Waals surface area (Å²) in [5.41, 5.74) is 1.69. The zero-order chi connectivity index (χ0) is 25.7. The van der Waals surface area contributed by atoms with Gasteiger partial charge in [0.25, 0.3) is 5.56 Å². The molecule has 4 aromatic rings. The molecule has 0 aliphatic carbocycles. The number of likely N-dealkylation sites (N-methyl/N-ethyl adjacent to an activating group) is 1. The van der Waals surface area contributed by atoms with Gasteiger partial charge in [-0.15, -0.1) is 0 Å². The van der Waals surface area contributed by atoms with E-state index < -0.39 is 11.6 Å². The van der Waals surface area contributed by atoms with Gasteiger partial charge >= 0.3 is 0 Å². The molecule has 8 heteroatoms. The topological polar surface area (TPSA) is 72.4 Å². The van der Waals surface area contributed by atoms with Crippen LogP contribution in [0, 0.1) is 11.6 Å². The Morgan fingerprint density at radius 1 is 0.917 bits per heavy atom. The van der Waals surface area contributed by atoms with Crippen molar-refractivity contribution in [1.82, 2.24) is 9.88 Å². The Balaban J connectivity index is 1.70. The lowest BCUT2D eigenvalue weighted by Gasteiger charge is -2.17. The van der Waals surface area contributed by atoms with Crippen molar-refractivity contribution < 1.29 is 18.3 Å². The predicted molar refractivity (Wildman–Crippen MR) is 135 cm³/mol. The predicted octanol–water partition coefficient (Wildman–Crippen LogP) is 5.18. The van der Waals surface area contributed by atoms with Crippen molar-refractivity contribution in [2.45, 2.75) is 19.5 Å². The highest BCUT2D eigenvalue weighted by Crippen LogP contribution is 2.25. The molecule has 1 atom stereocenters. The van der Waals surface area contributed by atoms with Crippen LogP contribution in [0.15, 0.2) is 89.7 Å². The average molecular weight is 490 g/mol. The van der Waals surface area contributed by atoms with E-state index in [1.165, 1.54) is 41.0 Å². The number of nitrogens with zero attached hydrogens (tertiary/aromatic N) is 1. The number of anilines is 1. The first-order valence-electron chi connectivity index (χ1n) is 11.3. The highest BCUT2D eigenvalue weighted by Gasteiger charge is 2.16. The van der Waals surface area contributed by atoms with E-state index in [4.69, 9.17) is 4.74 Å². The lowest BCUT2D eigenvalue weighted by atomic mass is 10.1. The van der Waals surface area contributed by atoms with Gasteiger partial charge in [0.1, 0.15) is 28.8 Å². The van der Waals surface area contributed by atoms with Crippen LogP contribution < -0.4 is 20.9 Å². The second-order valence-corrected chi connectivity index (χ2v) is 8.23. The number of carbonyl (C=O) groups excluding carboxylic acids is 1. The first-order chi connectivity index (χ1) is 17.3. The van der Waals surface area contributed by atoms with Crippen LogP contribution in [0.25, 0.3) is 11.3 Å². The molecule has 0 fully saturated rings. The molecule has 1 heterocycles. The lowest BCUT2D eigenvalue weighted by molar-refractivity contribution is -0.117. The summed E-state index contributed by atoms with van der Waals surface area (Å²) in [4.78, 5) is 25.9. The highest BCUT2D eigenvalue weighted by molar-refractivity contribution is 5.94. The van der Waals surface area contributed by atoms with Gasteiger partial charge in [0, 0.05) is 0 Å². The highest BCUT2D eigenvalue weighted by atomic mass is 19.1. The Bertz CT molecular complexity index is 1420. The molecule has 0 spiro atoms. The second-order valence-electron chi connectivity index (χ2n) is 8.23. The summed E-state index contributed by atoms with van der Waals surface area (Å²) in [6.07, 6.45) is 0. The smallest absolute Gasteiger partial charge is 0.275 e. The molecule has 3 aromatic carbocycles. The number of ether oxygens (including phenoxy) is 1. The molecule has 0 aliphatic heterocycles. The number of amides is 1. The summed E-state index contributed by atoms with van der Waals surface area (Å²) in [6, 6.07) is 21.4. The molecule has 0 aliphatic rings. The number of benzene rings is 3. The maximum Gasteiger partial charge on any atom is 0.275 e. The lowest BCUT2D eigenvalue weighted by Crippen LogP contribution is -2.37. The van der Waals surface area contributed by atoms with E-state index >= 15 is 0 Å². The maximum atomic E-state index is 13.5. The van der Waals surface area contributed by atoms with Gasteiger partial charge in [0.05, 0.1) is 18.3 Å². The van der Waals surface area contributed by atoms with E-state index in [2.05, 4.69) is 10.6 Å². The molecule has 0 saturated carbocycles. The Labute approximate surface area is 207 Å². The number of hydrogen-bond donors (Lipinski definition) is 2. The van der Waals surface area contributed by atoms with Gasteiger partial charge in [0.2, 0.25) is 5.91 Å². The van der Waals surface area contributed by atoms with Crippen molar-refractivity contribution in [2.75, 3.05) is 12.4 Å². The van der Waals surface area contributed by atoms with Gasteiger partial charge < -0.3 is 19.9 Å². The molecule has 2 N–H and O–H groups in total. The number of nitrogens with one attached hydrogen (secondary N) is 2. The summed E-state index contributed by atoms with van der Waals surface area (Å²) in [7, 11) is 1.65. The fourth-order valence-electron chi connectivity index (χ4n) is 3.60. The minimum Gasteiger partial charge on any atom is -0.457 e. The van der Waals surface area contributed by atoms with Crippen LogP contribution >= 0.6 is 0 Å². The number of pyridine rings is 1. The minimum atomic E-state index is -0.491. The number of halogens is 2. The third-order valence-corrected chi connectivity index (χ3v) is 5.69. The fraction of sp³-hybridized carbons (Fsp3) is 0.143. The van der Waals surface area contributed by atoms with Crippen LogP contribution in [0.2, 0.25) is 0 Å².